The first-order chi connectivity index (χ1) is 9.25. The average Bonchev–Trinajstić information content (AvgIpc) is 2.40. The molecule has 2 rings (SSSR count). The molecular formula is C10H10BrClFN3O3S. The molecular weight excluding hydrogens is 377 g/mol. The van der Waals surface area contributed by atoms with E-state index in [1.165, 1.54) is 0 Å². The van der Waals surface area contributed by atoms with Gasteiger partial charge in [-0.25, -0.2) is 12.8 Å². The van der Waals surface area contributed by atoms with Crippen molar-refractivity contribution in [3.63, 3.8) is 0 Å². The van der Waals surface area contributed by atoms with Gasteiger partial charge in [0.1, 0.15) is 4.90 Å². The van der Waals surface area contributed by atoms with Crippen molar-refractivity contribution in [1.29, 1.82) is 0 Å². The molecule has 3 N–H and O–H groups in total. The fraction of sp³-hybridized carbons (Fsp3) is 0.300. The minimum absolute atomic E-state index is 0.0241. The van der Waals surface area contributed by atoms with E-state index in [0.29, 0.717) is 0 Å². The van der Waals surface area contributed by atoms with E-state index in [9.17, 15) is 17.6 Å². The van der Waals surface area contributed by atoms with Gasteiger partial charge in [-0.2, -0.15) is 4.31 Å². The van der Waals surface area contributed by atoms with Crippen molar-refractivity contribution >= 4 is 49.1 Å². The Morgan fingerprint density at radius 2 is 2.15 bits per heavy atom. The zero-order valence-electron chi connectivity index (χ0n) is 9.99. The molecule has 0 radical (unpaired) electrons. The molecule has 1 heterocycles. The number of halogens is 3. The predicted octanol–water partition coefficient (Wildman–Crippen LogP) is 0.944. The number of carbonyl (C=O) groups excluding carboxylic acids is 1. The molecule has 0 spiro atoms. The minimum atomic E-state index is -4.18. The molecule has 1 fully saturated rings. The third-order valence-corrected chi connectivity index (χ3v) is 6.00. The Labute approximate surface area is 128 Å². The van der Waals surface area contributed by atoms with Crippen LogP contribution in [0.4, 0.5) is 10.1 Å². The molecule has 1 saturated heterocycles. The van der Waals surface area contributed by atoms with E-state index in [1.54, 1.807) is 0 Å². The smallest absolute Gasteiger partial charge is 0.246 e. The number of piperazine rings is 1. The maximum Gasteiger partial charge on any atom is 0.246 e. The number of nitrogens with zero attached hydrogens (tertiary/aromatic N) is 1. The summed E-state index contributed by atoms with van der Waals surface area (Å²) in [5.74, 6) is -1.54. The first-order valence-electron chi connectivity index (χ1n) is 5.45. The number of anilines is 1. The van der Waals surface area contributed by atoms with Gasteiger partial charge in [-0.3, -0.25) is 4.79 Å². The van der Waals surface area contributed by atoms with Gasteiger partial charge < -0.3 is 11.1 Å². The van der Waals surface area contributed by atoms with Crippen LogP contribution in [-0.4, -0.2) is 38.3 Å². The van der Waals surface area contributed by atoms with Gasteiger partial charge in [0.15, 0.2) is 5.82 Å². The second-order valence-corrected chi connectivity index (χ2v) is 7.19. The van der Waals surface area contributed by atoms with Crippen molar-refractivity contribution in [2.24, 2.45) is 0 Å². The molecule has 1 aromatic carbocycles. The normalized spacial score (nSPS) is 17.1. The molecule has 0 atom stereocenters. The van der Waals surface area contributed by atoms with E-state index in [1.807, 2.05) is 0 Å². The summed E-state index contributed by atoms with van der Waals surface area (Å²) in [5, 5.41) is 2.46. The number of nitrogens with one attached hydrogen (secondary N) is 1. The van der Waals surface area contributed by atoms with Crippen molar-refractivity contribution < 1.29 is 17.6 Å². The summed E-state index contributed by atoms with van der Waals surface area (Å²) in [6.45, 7) is -0.143. The lowest BCUT2D eigenvalue weighted by Gasteiger charge is -2.26. The van der Waals surface area contributed by atoms with Gasteiger partial charge >= 0.3 is 0 Å². The molecule has 1 aliphatic rings. The quantitative estimate of drug-likeness (QED) is 0.584. The summed E-state index contributed by atoms with van der Waals surface area (Å²) in [6.07, 6.45) is 0. The third-order valence-electron chi connectivity index (χ3n) is 2.78. The van der Waals surface area contributed by atoms with E-state index >= 15 is 0 Å². The largest absolute Gasteiger partial charge is 0.395 e. The maximum atomic E-state index is 14.1. The Morgan fingerprint density at radius 3 is 2.75 bits per heavy atom. The Morgan fingerprint density at radius 1 is 1.50 bits per heavy atom. The molecule has 10 heteroatoms. The van der Waals surface area contributed by atoms with E-state index < -0.39 is 32.3 Å². The van der Waals surface area contributed by atoms with Gasteiger partial charge in [0, 0.05) is 13.1 Å². The van der Waals surface area contributed by atoms with Crippen molar-refractivity contribution in [2.45, 2.75) is 4.90 Å². The second kappa shape index (κ2) is 5.47. The first kappa shape index (κ1) is 15.5. The summed E-state index contributed by atoms with van der Waals surface area (Å²) in [4.78, 5) is 10.6. The number of nitrogen functional groups attached to an aromatic ring is 1. The number of hydrogen-bond acceptors (Lipinski definition) is 4. The van der Waals surface area contributed by atoms with Crippen LogP contribution in [0.25, 0.3) is 0 Å². The molecule has 0 aromatic heterocycles. The molecule has 0 unspecified atom stereocenters. The summed E-state index contributed by atoms with van der Waals surface area (Å²) >= 11 is 8.78. The van der Waals surface area contributed by atoms with Crippen LogP contribution >= 0.6 is 27.5 Å². The van der Waals surface area contributed by atoms with Crippen LogP contribution in [0.1, 0.15) is 0 Å². The Bertz CT molecular complexity index is 683. The number of rotatable bonds is 2. The monoisotopic (exact) mass is 385 g/mol. The highest BCUT2D eigenvalue weighted by Gasteiger charge is 2.33. The van der Waals surface area contributed by atoms with E-state index in [2.05, 4.69) is 21.2 Å². The zero-order valence-corrected chi connectivity index (χ0v) is 13.1. The number of nitrogens with two attached hydrogens (primary N) is 1. The minimum Gasteiger partial charge on any atom is -0.395 e. The summed E-state index contributed by atoms with van der Waals surface area (Å²) < 4.78 is 39.7. The summed E-state index contributed by atoms with van der Waals surface area (Å²) in [5.41, 5.74) is 5.08. The van der Waals surface area contributed by atoms with Gasteiger partial charge in [0.2, 0.25) is 15.9 Å². The molecule has 0 saturated carbocycles. The third kappa shape index (κ3) is 2.62. The second-order valence-electron chi connectivity index (χ2n) is 4.09. The standard InChI is InChI=1S/C10H10BrClFN3O3S/c11-8-5(12)3-6(9(13)10(8)14)20(18,19)16-2-1-15-7(17)4-16/h3H,1-2,4,14H2,(H,15,17). The Kier molecular flexibility index (Phi) is 4.24. The highest BCUT2D eigenvalue weighted by atomic mass is 79.9. The number of sulfonamides is 1. The molecule has 20 heavy (non-hydrogen) atoms. The van der Waals surface area contributed by atoms with Crippen molar-refractivity contribution in [1.82, 2.24) is 9.62 Å². The number of carbonyl (C=O) groups is 1. The Hall–Kier alpha value is -0.900. The van der Waals surface area contributed by atoms with Crippen LogP contribution in [0.2, 0.25) is 5.02 Å². The summed E-state index contributed by atoms with van der Waals surface area (Å²) in [7, 11) is -4.18. The molecule has 0 bridgehead atoms. The van der Waals surface area contributed by atoms with Crippen LogP contribution < -0.4 is 11.1 Å². The van der Waals surface area contributed by atoms with Gasteiger partial charge in [0.25, 0.3) is 0 Å². The first-order valence-corrected chi connectivity index (χ1v) is 8.06. The molecule has 1 amide bonds. The van der Waals surface area contributed by atoms with Gasteiger partial charge in [0.05, 0.1) is 21.7 Å². The zero-order chi connectivity index (χ0) is 15.1. The highest BCUT2D eigenvalue weighted by Crippen LogP contribution is 2.35. The van der Waals surface area contributed by atoms with Crippen LogP contribution in [0.3, 0.4) is 0 Å². The van der Waals surface area contributed by atoms with Crippen LogP contribution in [-0.2, 0) is 14.8 Å². The lowest BCUT2D eigenvalue weighted by Crippen LogP contribution is -2.50. The van der Waals surface area contributed by atoms with Crippen molar-refractivity contribution in [2.75, 3.05) is 25.4 Å². The van der Waals surface area contributed by atoms with Crippen LogP contribution in [0, 0.1) is 5.82 Å². The van der Waals surface area contributed by atoms with Crippen LogP contribution in [0.15, 0.2) is 15.4 Å². The molecule has 1 aromatic rings. The predicted molar refractivity (Wildman–Crippen MR) is 75.3 cm³/mol. The van der Waals surface area contributed by atoms with Gasteiger partial charge in [-0.05, 0) is 22.0 Å². The van der Waals surface area contributed by atoms with Gasteiger partial charge in [-0.1, -0.05) is 11.6 Å². The number of hydrogen-bond donors (Lipinski definition) is 2. The van der Waals surface area contributed by atoms with E-state index in [-0.39, 0.29) is 29.1 Å². The number of amides is 1. The van der Waals surface area contributed by atoms with E-state index in [0.717, 1.165) is 10.4 Å². The number of benzene rings is 1. The maximum absolute atomic E-state index is 14.1. The van der Waals surface area contributed by atoms with Gasteiger partial charge in [-0.15, -0.1) is 0 Å². The highest BCUT2D eigenvalue weighted by molar-refractivity contribution is 9.10. The van der Waals surface area contributed by atoms with Crippen LogP contribution in [0.5, 0.6) is 0 Å². The molecule has 6 nitrogen and oxygen atoms in total. The topological polar surface area (TPSA) is 92.5 Å². The SMILES string of the molecule is Nc1c(F)c(S(=O)(=O)N2CCNC(=O)C2)cc(Cl)c1Br. The van der Waals surface area contributed by atoms with Crippen molar-refractivity contribution in [3.8, 4) is 0 Å². The fourth-order valence-electron chi connectivity index (χ4n) is 1.75. The molecule has 110 valence electrons. The Balaban J connectivity index is 2.52. The van der Waals surface area contributed by atoms with E-state index in [4.69, 9.17) is 17.3 Å². The fourth-order valence-corrected chi connectivity index (χ4v) is 3.81. The average molecular weight is 387 g/mol. The lowest BCUT2D eigenvalue weighted by molar-refractivity contribution is -0.122. The molecule has 1 aliphatic heterocycles. The molecule has 0 aliphatic carbocycles. The lowest BCUT2D eigenvalue weighted by atomic mass is 10.3. The summed E-state index contributed by atoms with van der Waals surface area (Å²) in [6, 6.07) is 0.971. The van der Waals surface area contributed by atoms with Crippen molar-refractivity contribution in [3.05, 3.63) is 21.4 Å².